The molecule has 0 spiro atoms. The van der Waals surface area contributed by atoms with Crippen molar-refractivity contribution >= 4 is 67.5 Å². The molecule has 6 rings (SSSR count). The molecular weight excluding hydrogens is 712 g/mol. The molecule has 0 radical (unpaired) electrons. The Morgan fingerprint density at radius 1 is 0.609 bits per heavy atom. The lowest BCUT2D eigenvalue weighted by Gasteiger charge is -2.24. The number of rotatable bonds is 9. The van der Waals surface area contributed by atoms with E-state index in [1.54, 1.807) is 36.2 Å². The van der Waals surface area contributed by atoms with E-state index in [1.165, 1.54) is 0 Å². The molecule has 2 amide bonds. The van der Waals surface area contributed by atoms with Gasteiger partial charge < -0.3 is 9.47 Å². The van der Waals surface area contributed by atoms with Crippen LogP contribution in [0.25, 0.3) is 12.2 Å². The van der Waals surface area contributed by atoms with Crippen LogP contribution >= 0.6 is 31.9 Å². The number of carbonyl (C=O) groups excluding carboxylic acids is 2. The van der Waals surface area contributed by atoms with Crippen LogP contribution in [-0.2, 0) is 9.59 Å². The highest BCUT2D eigenvalue weighted by atomic mass is 79.9. The van der Waals surface area contributed by atoms with Crippen LogP contribution in [0.3, 0.4) is 0 Å². The fourth-order valence-corrected chi connectivity index (χ4v) is 5.93. The van der Waals surface area contributed by atoms with Crippen LogP contribution in [0, 0.1) is 0 Å². The van der Waals surface area contributed by atoms with Gasteiger partial charge >= 0.3 is 0 Å². The summed E-state index contributed by atoms with van der Waals surface area (Å²) < 4.78 is 12.3. The van der Waals surface area contributed by atoms with Crippen molar-refractivity contribution < 1.29 is 19.1 Å². The fourth-order valence-electron chi connectivity index (χ4n) is 5.13. The van der Waals surface area contributed by atoms with E-state index < -0.39 is 0 Å². The summed E-state index contributed by atoms with van der Waals surface area (Å²) in [7, 11) is 3.21. The Bertz CT molecular complexity index is 1790. The Labute approximate surface area is 283 Å². The van der Waals surface area contributed by atoms with E-state index in [2.05, 4.69) is 31.9 Å². The molecule has 0 bridgehead atoms. The molecule has 4 aromatic carbocycles. The monoisotopic (exact) mass is 738 g/mol. The molecule has 2 heterocycles. The summed E-state index contributed by atoms with van der Waals surface area (Å²) in [4.78, 5) is 40.6. The van der Waals surface area contributed by atoms with Gasteiger partial charge in [-0.15, -0.1) is 0 Å². The van der Waals surface area contributed by atoms with Gasteiger partial charge in [-0.05, 0) is 71.8 Å². The van der Waals surface area contributed by atoms with E-state index in [1.807, 2.05) is 97.1 Å². The zero-order chi connectivity index (χ0) is 32.2. The summed E-state index contributed by atoms with van der Waals surface area (Å²) in [5.41, 5.74) is 3.78. The SMILES string of the molecule is COc1ccc(C=C2N=C(c3cccc(Br)c3)N(CCN3C(=O)C(=Cc4ccc(OC)cc4)N=C3c3cccc(Br)c3)C2=O)cc1. The Kier molecular flexibility index (Phi) is 9.28. The normalized spacial score (nSPS) is 16.3. The number of aliphatic imine (C=N–C) groups is 2. The maximum atomic E-state index is 13.9. The van der Waals surface area contributed by atoms with Gasteiger partial charge in [0.15, 0.2) is 0 Å². The molecule has 10 heteroatoms. The first-order valence-corrected chi connectivity index (χ1v) is 16.0. The van der Waals surface area contributed by atoms with E-state index in [0.29, 0.717) is 23.1 Å². The lowest BCUT2D eigenvalue weighted by molar-refractivity contribution is -0.125. The molecule has 0 N–H and O–H groups in total. The number of carbonyl (C=O) groups is 2. The maximum absolute atomic E-state index is 13.9. The number of amides is 2. The highest BCUT2D eigenvalue weighted by Gasteiger charge is 2.35. The highest BCUT2D eigenvalue weighted by molar-refractivity contribution is 9.10. The molecule has 4 aromatic rings. The molecule has 0 saturated heterocycles. The Morgan fingerprint density at radius 2 is 1.00 bits per heavy atom. The van der Waals surface area contributed by atoms with Gasteiger partial charge in [-0.25, -0.2) is 9.98 Å². The van der Waals surface area contributed by atoms with Crippen LogP contribution in [0.15, 0.2) is 127 Å². The van der Waals surface area contributed by atoms with Gasteiger partial charge in [0, 0.05) is 33.2 Å². The molecule has 230 valence electrons. The summed E-state index contributed by atoms with van der Waals surface area (Å²) in [6.07, 6.45) is 3.51. The summed E-state index contributed by atoms with van der Waals surface area (Å²) in [5, 5.41) is 0. The summed E-state index contributed by atoms with van der Waals surface area (Å²) >= 11 is 7.08. The van der Waals surface area contributed by atoms with Crippen molar-refractivity contribution in [1.29, 1.82) is 0 Å². The molecule has 8 nitrogen and oxygen atoms in total. The fraction of sp³-hybridized carbons (Fsp3) is 0.111. The van der Waals surface area contributed by atoms with E-state index in [9.17, 15) is 9.59 Å². The smallest absolute Gasteiger partial charge is 0.278 e. The zero-order valence-electron chi connectivity index (χ0n) is 25.0. The van der Waals surface area contributed by atoms with E-state index in [0.717, 1.165) is 42.7 Å². The largest absolute Gasteiger partial charge is 0.497 e. The summed E-state index contributed by atoms with van der Waals surface area (Å²) in [5.74, 6) is 1.94. The molecule has 0 aliphatic carbocycles. The van der Waals surface area contributed by atoms with Gasteiger partial charge in [-0.1, -0.05) is 80.4 Å². The van der Waals surface area contributed by atoms with E-state index >= 15 is 0 Å². The molecule has 0 unspecified atom stereocenters. The third-order valence-electron chi connectivity index (χ3n) is 7.44. The molecular formula is C36H28Br2N4O4. The number of hydrogen-bond acceptors (Lipinski definition) is 6. The number of ether oxygens (including phenoxy) is 2. The van der Waals surface area contributed by atoms with Crippen LogP contribution in [-0.4, -0.2) is 60.6 Å². The van der Waals surface area contributed by atoms with Gasteiger partial charge in [0.05, 0.1) is 14.2 Å². The second kappa shape index (κ2) is 13.7. The Morgan fingerprint density at radius 3 is 1.35 bits per heavy atom. The van der Waals surface area contributed by atoms with E-state index in [4.69, 9.17) is 19.5 Å². The van der Waals surface area contributed by atoms with Crippen molar-refractivity contribution in [2.45, 2.75) is 0 Å². The number of amidine groups is 2. The number of benzene rings is 4. The van der Waals surface area contributed by atoms with Crippen LogP contribution < -0.4 is 9.47 Å². The maximum Gasteiger partial charge on any atom is 0.278 e. The van der Waals surface area contributed by atoms with Crippen LogP contribution in [0.5, 0.6) is 11.5 Å². The average Bonchev–Trinajstić information content (AvgIpc) is 3.55. The Hall–Kier alpha value is -4.80. The highest BCUT2D eigenvalue weighted by Crippen LogP contribution is 2.27. The Balaban J connectivity index is 1.32. The van der Waals surface area contributed by atoms with E-state index in [-0.39, 0.29) is 24.9 Å². The van der Waals surface area contributed by atoms with Gasteiger partial charge in [0.2, 0.25) is 0 Å². The molecule has 0 saturated carbocycles. The minimum atomic E-state index is -0.257. The summed E-state index contributed by atoms with van der Waals surface area (Å²) in [6, 6.07) is 30.1. The van der Waals surface area contributed by atoms with Gasteiger partial charge in [0.25, 0.3) is 11.8 Å². The van der Waals surface area contributed by atoms with Crippen molar-refractivity contribution in [2.24, 2.45) is 9.98 Å². The van der Waals surface area contributed by atoms with Gasteiger partial charge in [-0.2, -0.15) is 0 Å². The lowest BCUT2D eigenvalue weighted by Crippen LogP contribution is -2.42. The molecule has 0 aromatic heterocycles. The van der Waals surface area contributed by atoms with Gasteiger partial charge in [0.1, 0.15) is 34.6 Å². The second-order valence-corrected chi connectivity index (χ2v) is 12.2. The lowest BCUT2D eigenvalue weighted by atomic mass is 10.1. The quantitative estimate of drug-likeness (QED) is 0.170. The van der Waals surface area contributed by atoms with Crippen molar-refractivity contribution in [3.63, 3.8) is 0 Å². The van der Waals surface area contributed by atoms with Crippen molar-refractivity contribution in [3.05, 3.63) is 140 Å². The molecule has 46 heavy (non-hydrogen) atoms. The topological polar surface area (TPSA) is 83.8 Å². The zero-order valence-corrected chi connectivity index (χ0v) is 28.2. The first-order valence-electron chi connectivity index (χ1n) is 14.4. The van der Waals surface area contributed by atoms with Crippen LogP contribution in [0.4, 0.5) is 0 Å². The summed E-state index contributed by atoms with van der Waals surface area (Å²) in [6.45, 7) is 0.386. The molecule has 2 aliphatic rings. The van der Waals surface area contributed by atoms with Crippen molar-refractivity contribution in [1.82, 2.24) is 9.80 Å². The number of hydrogen-bond donors (Lipinski definition) is 0. The minimum absolute atomic E-state index is 0.193. The predicted molar refractivity (Wildman–Crippen MR) is 187 cm³/mol. The van der Waals surface area contributed by atoms with Crippen molar-refractivity contribution in [3.8, 4) is 11.5 Å². The third-order valence-corrected chi connectivity index (χ3v) is 8.43. The van der Waals surface area contributed by atoms with Crippen LogP contribution in [0.1, 0.15) is 22.3 Å². The van der Waals surface area contributed by atoms with Gasteiger partial charge in [-0.3, -0.25) is 19.4 Å². The first kappa shape index (κ1) is 31.2. The number of nitrogens with zero attached hydrogens (tertiary/aromatic N) is 4. The number of methoxy groups -OCH3 is 2. The minimum Gasteiger partial charge on any atom is -0.497 e. The first-order chi connectivity index (χ1) is 22.3. The molecule has 0 fully saturated rings. The number of halogens is 2. The third kappa shape index (κ3) is 6.73. The average molecular weight is 740 g/mol. The van der Waals surface area contributed by atoms with Crippen molar-refractivity contribution in [2.75, 3.05) is 27.3 Å². The second-order valence-electron chi connectivity index (χ2n) is 10.4. The molecule has 2 aliphatic heterocycles. The standard InChI is InChI=1S/C36H28Br2N4O4/c1-45-29-13-9-23(10-14-29)19-31-35(43)41(33(39-31)25-5-3-7-27(37)21-25)17-18-42-34(26-6-4-8-28(38)22-26)40-32(36(42)44)20-24-11-15-30(46-2)16-12-24/h3-16,19-22H,17-18H2,1-2H3. The molecule has 0 atom stereocenters. The predicted octanol–water partition coefficient (Wildman–Crippen LogP) is 7.19. The van der Waals surface area contributed by atoms with Crippen LogP contribution in [0.2, 0.25) is 0 Å².